The number of hydrogen-bond acceptors (Lipinski definition) is 4. The molecule has 0 bridgehead atoms. The second-order valence-electron chi connectivity index (χ2n) is 5.06. The molecule has 3 rings (SSSR count). The van der Waals surface area contributed by atoms with Crippen LogP contribution in [0.2, 0.25) is 5.02 Å². The first-order valence-electron chi connectivity index (χ1n) is 7.15. The van der Waals surface area contributed by atoms with Crippen LogP contribution in [0.4, 0.5) is 0 Å². The van der Waals surface area contributed by atoms with Crippen LogP contribution in [0.1, 0.15) is 11.7 Å². The van der Waals surface area contributed by atoms with Crippen molar-refractivity contribution in [3.8, 4) is 22.5 Å². The van der Waals surface area contributed by atoms with Gasteiger partial charge in [0, 0.05) is 46.2 Å². The number of nitrogens with zero attached hydrogens (tertiary/aromatic N) is 2. The first-order chi connectivity index (χ1) is 11.6. The number of aromatic nitrogens is 2. The summed E-state index contributed by atoms with van der Waals surface area (Å²) < 4.78 is 0. The van der Waals surface area contributed by atoms with Crippen molar-refractivity contribution in [3.63, 3.8) is 0 Å². The van der Waals surface area contributed by atoms with Crippen molar-refractivity contribution in [3.05, 3.63) is 71.5 Å². The summed E-state index contributed by atoms with van der Waals surface area (Å²) in [6, 6.07) is 14.0. The number of halogens is 1. The van der Waals surface area contributed by atoms with Crippen molar-refractivity contribution < 1.29 is 32.1 Å². The van der Waals surface area contributed by atoms with Crippen LogP contribution >= 0.6 is 11.6 Å². The zero-order chi connectivity index (χ0) is 17.1. The first kappa shape index (κ1) is 19.1. The minimum atomic E-state index is -1.71. The van der Waals surface area contributed by atoms with E-state index in [1.54, 1.807) is 42.7 Å². The summed E-state index contributed by atoms with van der Waals surface area (Å²) in [5.74, 6) is -1.37. The van der Waals surface area contributed by atoms with Gasteiger partial charge in [-0.05, 0) is 24.3 Å². The van der Waals surface area contributed by atoms with Crippen molar-refractivity contribution in [1.29, 1.82) is 0 Å². The SMILES string of the molecule is O=C(O)C(O)c1ccc(-c2ccccn2)c(-c2ccccn2)c1Cl.[Cu]. The number of benzene rings is 1. The summed E-state index contributed by atoms with van der Waals surface area (Å²) in [7, 11) is 0. The average molecular weight is 404 g/mol. The van der Waals surface area contributed by atoms with Crippen LogP contribution in [0, 0.1) is 0 Å². The van der Waals surface area contributed by atoms with Crippen LogP contribution in [-0.4, -0.2) is 26.2 Å². The molecule has 1 unspecified atom stereocenters. The number of aliphatic hydroxyl groups excluding tert-OH is 1. The maximum Gasteiger partial charge on any atom is 0.337 e. The Hall–Kier alpha value is -2.24. The minimum absolute atomic E-state index is 0. The Labute approximate surface area is 159 Å². The fourth-order valence-electron chi connectivity index (χ4n) is 2.43. The van der Waals surface area contributed by atoms with E-state index in [-0.39, 0.29) is 27.7 Å². The van der Waals surface area contributed by atoms with Crippen LogP contribution < -0.4 is 0 Å². The summed E-state index contributed by atoms with van der Waals surface area (Å²) in [4.78, 5) is 19.7. The molecule has 0 aliphatic heterocycles. The zero-order valence-electron chi connectivity index (χ0n) is 12.7. The van der Waals surface area contributed by atoms with Crippen molar-refractivity contribution in [2.75, 3.05) is 0 Å². The Bertz CT molecular complexity index is 876. The van der Waals surface area contributed by atoms with E-state index in [0.717, 1.165) is 0 Å². The summed E-state index contributed by atoms with van der Waals surface area (Å²) >= 11 is 6.45. The normalized spacial score (nSPS) is 11.4. The number of carbonyl (C=O) groups is 1. The van der Waals surface area contributed by atoms with Gasteiger partial charge in [0.2, 0.25) is 0 Å². The van der Waals surface area contributed by atoms with E-state index in [0.29, 0.717) is 22.5 Å². The van der Waals surface area contributed by atoms with E-state index < -0.39 is 12.1 Å². The maximum absolute atomic E-state index is 11.1. The van der Waals surface area contributed by atoms with Crippen LogP contribution in [0.3, 0.4) is 0 Å². The quantitative estimate of drug-likeness (QED) is 0.650. The topological polar surface area (TPSA) is 83.3 Å². The van der Waals surface area contributed by atoms with Crippen LogP contribution in [-0.2, 0) is 21.9 Å². The molecule has 0 fully saturated rings. The van der Waals surface area contributed by atoms with Crippen LogP contribution in [0.15, 0.2) is 60.9 Å². The third-order valence-electron chi connectivity index (χ3n) is 3.56. The van der Waals surface area contributed by atoms with Gasteiger partial charge < -0.3 is 10.2 Å². The van der Waals surface area contributed by atoms with Gasteiger partial charge in [-0.1, -0.05) is 35.9 Å². The summed E-state index contributed by atoms with van der Waals surface area (Å²) in [6.07, 6.45) is 1.57. The van der Waals surface area contributed by atoms with Crippen molar-refractivity contribution in [2.45, 2.75) is 6.10 Å². The molecule has 0 saturated carbocycles. The zero-order valence-corrected chi connectivity index (χ0v) is 14.4. The molecule has 0 saturated heterocycles. The smallest absolute Gasteiger partial charge is 0.337 e. The second kappa shape index (κ2) is 8.23. The molecular formula is C18H13ClCuN2O3. The summed E-state index contributed by atoms with van der Waals surface area (Å²) in [5.41, 5.74) is 2.61. The molecule has 1 radical (unpaired) electrons. The number of aliphatic carboxylic acids is 1. The van der Waals surface area contributed by atoms with Gasteiger partial charge in [-0.25, -0.2) is 4.79 Å². The molecular weight excluding hydrogens is 391 g/mol. The Morgan fingerprint density at radius 3 is 2.08 bits per heavy atom. The van der Waals surface area contributed by atoms with E-state index in [1.165, 1.54) is 6.07 Å². The number of pyridine rings is 2. The molecule has 0 aliphatic carbocycles. The molecule has 5 nitrogen and oxygen atoms in total. The van der Waals surface area contributed by atoms with E-state index in [9.17, 15) is 9.90 Å². The summed E-state index contributed by atoms with van der Waals surface area (Å²) in [6.45, 7) is 0. The monoisotopic (exact) mass is 403 g/mol. The van der Waals surface area contributed by atoms with Crippen molar-refractivity contribution in [2.24, 2.45) is 0 Å². The molecule has 25 heavy (non-hydrogen) atoms. The molecule has 7 heteroatoms. The molecule has 2 heterocycles. The van der Waals surface area contributed by atoms with Crippen molar-refractivity contribution in [1.82, 2.24) is 9.97 Å². The molecule has 0 spiro atoms. The first-order valence-corrected chi connectivity index (χ1v) is 7.53. The van der Waals surface area contributed by atoms with Crippen LogP contribution in [0.25, 0.3) is 22.5 Å². The predicted molar refractivity (Wildman–Crippen MR) is 90.5 cm³/mol. The standard InChI is InChI=1S/C18H13ClN2O3.Cu/c19-16-12(17(22)18(23)24)8-7-11(13-5-1-3-9-20-13)15(16)14-6-2-4-10-21-14;/h1-10,17,22H,(H,23,24);. The molecule has 2 N–H and O–H groups in total. The third-order valence-corrected chi connectivity index (χ3v) is 3.97. The Kier molecular flexibility index (Phi) is 6.28. The average Bonchev–Trinajstić information content (AvgIpc) is 2.62. The number of rotatable bonds is 4. The van der Waals surface area contributed by atoms with Gasteiger partial charge in [0.15, 0.2) is 6.10 Å². The van der Waals surface area contributed by atoms with E-state index in [1.807, 2.05) is 12.1 Å². The van der Waals surface area contributed by atoms with Crippen LogP contribution in [0.5, 0.6) is 0 Å². The Balaban J connectivity index is 0.00000225. The van der Waals surface area contributed by atoms with Gasteiger partial charge in [0.05, 0.1) is 16.4 Å². The molecule has 1 atom stereocenters. The third kappa shape index (κ3) is 3.89. The van der Waals surface area contributed by atoms with E-state index in [2.05, 4.69) is 9.97 Å². The molecule has 1 aromatic carbocycles. The Morgan fingerprint density at radius 1 is 0.960 bits per heavy atom. The number of aliphatic hydroxyl groups is 1. The number of hydrogen-bond donors (Lipinski definition) is 2. The molecule has 2 aromatic heterocycles. The molecule has 131 valence electrons. The largest absolute Gasteiger partial charge is 0.479 e. The van der Waals surface area contributed by atoms with Gasteiger partial charge in [-0.2, -0.15) is 0 Å². The van der Waals surface area contributed by atoms with E-state index in [4.69, 9.17) is 16.7 Å². The molecule has 3 aromatic rings. The van der Waals surface area contributed by atoms with E-state index >= 15 is 0 Å². The summed E-state index contributed by atoms with van der Waals surface area (Å²) in [5, 5.41) is 19.1. The minimum Gasteiger partial charge on any atom is -0.479 e. The van der Waals surface area contributed by atoms with Gasteiger partial charge in [-0.3, -0.25) is 9.97 Å². The second-order valence-corrected chi connectivity index (χ2v) is 5.44. The fourth-order valence-corrected chi connectivity index (χ4v) is 2.80. The number of carboxylic acid groups (broad SMARTS) is 1. The predicted octanol–water partition coefficient (Wildman–Crippen LogP) is 3.58. The maximum atomic E-state index is 11.1. The Morgan fingerprint density at radius 2 is 1.56 bits per heavy atom. The van der Waals surface area contributed by atoms with Gasteiger partial charge in [0.1, 0.15) is 0 Å². The van der Waals surface area contributed by atoms with Crippen molar-refractivity contribution >= 4 is 17.6 Å². The fraction of sp³-hybridized carbons (Fsp3) is 0.0556. The number of carboxylic acids is 1. The van der Waals surface area contributed by atoms with Gasteiger partial charge in [-0.15, -0.1) is 0 Å². The molecule has 0 amide bonds. The van der Waals surface area contributed by atoms with Gasteiger partial charge in [0.25, 0.3) is 0 Å². The van der Waals surface area contributed by atoms with Gasteiger partial charge >= 0.3 is 5.97 Å². The molecule has 0 aliphatic rings.